The van der Waals surface area contributed by atoms with Crippen LogP contribution in [0.2, 0.25) is 0 Å². The molecule has 4 nitrogen and oxygen atoms in total. The van der Waals surface area contributed by atoms with E-state index in [1.165, 1.54) is 0 Å². The number of carbonyl (C=O) groups excluding carboxylic acids is 1. The first-order valence-corrected chi connectivity index (χ1v) is 6.13. The Hall–Kier alpha value is -1.71. The largest absolute Gasteiger partial charge is 0.495 e. The van der Waals surface area contributed by atoms with E-state index in [9.17, 15) is 4.79 Å². The standard InChI is InChI=1S/C14H21NO3/c1-5-18-14(16)9-11(3)15-12-8-10(2)6-7-13(12)17-4/h6-8,11,15H,5,9H2,1-4H3. The molecule has 1 aromatic carbocycles. The van der Waals surface area contributed by atoms with Gasteiger partial charge in [-0.15, -0.1) is 0 Å². The summed E-state index contributed by atoms with van der Waals surface area (Å²) in [5.41, 5.74) is 2.04. The number of hydrogen-bond acceptors (Lipinski definition) is 4. The normalized spacial score (nSPS) is 11.8. The summed E-state index contributed by atoms with van der Waals surface area (Å²) in [4.78, 5) is 11.4. The number of esters is 1. The van der Waals surface area contributed by atoms with Gasteiger partial charge in [-0.2, -0.15) is 0 Å². The van der Waals surface area contributed by atoms with Crippen molar-refractivity contribution >= 4 is 11.7 Å². The number of carbonyl (C=O) groups is 1. The molecule has 0 aliphatic rings. The number of ether oxygens (including phenoxy) is 2. The molecule has 0 amide bonds. The van der Waals surface area contributed by atoms with Crippen LogP contribution < -0.4 is 10.1 Å². The van der Waals surface area contributed by atoms with Crippen LogP contribution in [-0.4, -0.2) is 25.7 Å². The number of anilines is 1. The average molecular weight is 251 g/mol. The predicted molar refractivity (Wildman–Crippen MR) is 72.1 cm³/mol. The fourth-order valence-electron chi connectivity index (χ4n) is 1.72. The molecule has 0 radical (unpaired) electrons. The van der Waals surface area contributed by atoms with Crippen molar-refractivity contribution in [1.29, 1.82) is 0 Å². The molecule has 0 aromatic heterocycles. The van der Waals surface area contributed by atoms with Crippen molar-refractivity contribution in [3.63, 3.8) is 0 Å². The molecule has 0 aliphatic carbocycles. The zero-order valence-electron chi connectivity index (χ0n) is 11.4. The molecule has 1 N–H and O–H groups in total. The van der Waals surface area contributed by atoms with E-state index in [4.69, 9.17) is 9.47 Å². The number of rotatable bonds is 6. The van der Waals surface area contributed by atoms with Gasteiger partial charge in [-0.1, -0.05) is 6.07 Å². The third kappa shape index (κ3) is 4.28. The van der Waals surface area contributed by atoms with E-state index in [0.29, 0.717) is 13.0 Å². The van der Waals surface area contributed by atoms with Gasteiger partial charge < -0.3 is 14.8 Å². The highest BCUT2D eigenvalue weighted by Gasteiger charge is 2.12. The van der Waals surface area contributed by atoms with E-state index in [1.54, 1.807) is 14.0 Å². The second kappa shape index (κ2) is 6.89. The van der Waals surface area contributed by atoms with Gasteiger partial charge in [-0.3, -0.25) is 4.79 Å². The molecule has 4 heteroatoms. The molecular formula is C14H21NO3. The molecule has 18 heavy (non-hydrogen) atoms. The minimum Gasteiger partial charge on any atom is -0.495 e. The molecular weight excluding hydrogens is 230 g/mol. The highest BCUT2D eigenvalue weighted by molar-refractivity contribution is 5.71. The summed E-state index contributed by atoms with van der Waals surface area (Å²) in [6.45, 7) is 6.18. The zero-order valence-corrected chi connectivity index (χ0v) is 11.4. The van der Waals surface area contributed by atoms with Gasteiger partial charge in [-0.05, 0) is 38.5 Å². The van der Waals surface area contributed by atoms with Crippen LogP contribution in [0.5, 0.6) is 5.75 Å². The second-order valence-corrected chi connectivity index (χ2v) is 4.26. The molecule has 1 atom stereocenters. The molecule has 0 saturated heterocycles. The first-order valence-electron chi connectivity index (χ1n) is 6.13. The smallest absolute Gasteiger partial charge is 0.307 e. The minimum atomic E-state index is -0.191. The number of benzene rings is 1. The highest BCUT2D eigenvalue weighted by atomic mass is 16.5. The average Bonchev–Trinajstić information content (AvgIpc) is 2.29. The van der Waals surface area contributed by atoms with Gasteiger partial charge in [0.25, 0.3) is 0 Å². The summed E-state index contributed by atoms with van der Waals surface area (Å²) >= 11 is 0. The Labute approximate surface area is 108 Å². The third-order valence-electron chi connectivity index (χ3n) is 2.54. The van der Waals surface area contributed by atoms with Crippen LogP contribution >= 0.6 is 0 Å². The molecule has 0 heterocycles. The minimum absolute atomic E-state index is 0.000231. The van der Waals surface area contributed by atoms with Crippen molar-refractivity contribution in [2.45, 2.75) is 33.2 Å². The van der Waals surface area contributed by atoms with Gasteiger partial charge in [0.2, 0.25) is 0 Å². The van der Waals surface area contributed by atoms with Crippen LogP contribution in [0, 0.1) is 6.92 Å². The van der Waals surface area contributed by atoms with Gasteiger partial charge in [0.1, 0.15) is 5.75 Å². The second-order valence-electron chi connectivity index (χ2n) is 4.26. The Kier molecular flexibility index (Phi) is 5.49. The summed E-state index contributed by atoms with van der Waals surface area (Å²) in [5.74, 6) is 0.584. The van der Waals surface area contributed by atoms with Gasteiger partial charge >= 0.3 is 5.97 Å². The number of nitrogens with one attached hydrogen (secondary N) is 1. The van der Waals surface area contributed by atoms with E-state index in [-0.39, 0.29) is 12.0 Å². The van der Waals surface area contributed by atoms with Crippen molar-refractivity contribution < 1.29 is 14.3 Å². The van der Waals surface area contributed by atoms with Gasteiger partial charge in [0.15, 0.2) is 0 Å². The Morgan fingerprint density at radius 2 is 2.17 bits per heavy atom. The van der Waals surface area contributed by atoms with Crippen LogP contribution in [0.4, 0.5) is 5.69 Å². The molecule has 0 fully saturated rings. The molecule has 0 spiro atoms. The summed E-state index contributed by atoms with van der Waals surface area (Å²) in [7, 11) is 1.63. The van der Waals surface area contributed by atoms with Crippen LogP contribution in [-0.2, 0) is 9.53 Å². The van der Waals surface area contributed by atoms with Crippen LogP contribution in [0.3, 0.4) is 0 Å². The van der Waals surface area contributed by atoms with Crippen molar-refractivity contribution in [3.05, 3.63) is 23.8 Å². The molecule has 100 valence electrons. The lowest BCUT2D eigenvalue weighted by atomic mass is 10.1. The lowest BCUT2D eigenvalue weighted by Gasteiger charge is -2.17. The maximum atomic E-state index is 11.4. The van der Waals surface area contributed by atoms with E-state index in [0.717, 1.165) is 17.0 Å². The topological polar surface area (TPSA) is 47.6 Å². The van der Waals surface area contributed by atoms with Crippen LogP contribution in [0.1, 0.15) is 25.8 Å². The lowest BCUT2D eigenvalue weighted by Crippen LogP contribution is -2.21. The Bertz CT molecular complexity index is 404. The number of hydrogen-bond donors (Lipinski definition) is 1. The molecule has 0 bridgehead atoms. The van der Waals surface area contributed by atoms with Gasteiger partial charge in [-0.25, -0.2) is 0 Å². The Morgan fingerprint density at radius 3 is 2.78 bits per heavy atom. The number of methoxy groups -OCH3 is 1. The van der Waals surface area contributed by atoms with Gasteiger partial charge in [0, 0.05) is 6.04 Å². The maximum Gasteiger partial charge on any atom is 0.307 e. The van der Waals surface area contributed by atoms with Crippen LogP contribution in [0.25, 0.3) is 0 Å². The number of aryl methyl sites for hydroxylation is 1. The summed E-state index contributed by atoms with van der Waals surface area (Å²) in [5, 5.41) is 3.27. The summed E-state index contributed by atoms with van der Waals surface area (Å²) < 4.78 is 10.2. The predicted octanol–water partition coefficient (Wildman–Crippen LogP) is 2.76. The third-order valence-corrected chi connectivity index (χ3v) is 2.54. The Balaban J connectivity index is 2.66. The van der Waals surface area contributed by atoms with E-state index >= 15 is 0 Å². The molecule has 1 rings (SSSR count). The maximum absolute atomic E-state index is 11.4. The molecule has 0 saturated carbocycles. The highest BCUT2D eigenvalue weighted by Crippen LogP contribution is 2.26. The Morgan fingerprint density at radius 1 is 1.44 bits per heavy atom. The van der Waals surface area contributed by atoms with Crippen molar-refractivity contribution in [1.82, 2.24) is 0 Å². The van der Waals surface area contributed by atoms with E-state index in [2.05, 4.69) is 5.32 Å². The van der Waals surface area contributed by atoms with E-state index < -0.39 is 0 Å². The summed E-state index contributed by atoms with van der Waals surface area (Å²) in [6.07, 6.45) is 0.338. The SMILES string of the molecule is CCOC(=O)CC(C)Nc1cc(C)ccc1OC. The fraction of sp³-hybridized carbons (Fsp3) is 0.500. The van der Waals surface area contributed by atoms with E-state index in [1.807, 2.05) is 32.0 Å². The molecule has 0 aliphatic heterocycles. The summed E-state index contributed by atoms with van der Waals surface area (Å²) in [6, 6.07) is 5.90. The van der Waals surface area contributed by atoms with Crippen molar-refractivity contribution in [2.75, 3.05) is 19.0 Å². The quantitative estimate of drug-likeness (QED) is 0.790. The first kappa shape index (κ1) is 14.4. The van der Waals surface area contributed by atoms with Crippen molar-refractivity contribution in [3.8, 4) is 5.75 Å². The fourth-order valence-corrected chi connectivity index (χ4v) is 1.72. The van der Waals surface area contributed by atoms with Crippen LogP contribution in [0.15, 0.2) is 18.2 Å². The monoisotopic (exact) mass is 251 g/mol. The zero-order chi connectivity index (χ0) is 13.5. The molecule has 1 unspecified atom stereocenters. The van der Waals surface area contributed by atoms with Crippen molar-refractivity contribution in [2.24, 2.45) is 0 Å². The lowest BCUT2D eigenvalue weighted by molar-refractivity contribution is -0.143. The first-order chi connectivity index (χ1) is 8.56. The van der Waals surface area contributed by atoms with Gasteiger partial charge in [0.05, 0.1) is 25.8 Å². The molecule has 1 aromatic rings.